The van der Waals surface area contributed by atoms with Crippen molar-refractivity contribution in [2.24, 2.45) is 11.8 Å². The second kappa shape index (κ2) is 9.62. The minimum Gasteiger partial charge on any atom is -0.348 e. The van der Waals surface area contributed by atoms with Crippen LogP contribution in [-0.2, 0) is 6.42 Å². The van der Waals surface area contributed by atoms with Crippen molar-refractivity contribution in [3.8, 4) is 0 Å². The van der Waals surface area contributed by atoms with Gasteiger partial charge in [-0.25, -0.2) is 4.98 Å². The van der Waals surface area contributed by atoms with Crippen LogP contribution in [-0.4, -0.2) is 30.0 Å². The molecule has 0 radical (unpaired) electrons. The van der Waals surface area contributed by atoms with Gasteiger partial charge in [0.2, 0.25) is 0 Å². The molecule has 4 nitrogen and oxygen atoms in total. The van der Waals surface area contributed by atoms with Gasteiger partial charge in [0.1, 0.15) is 5.69 Å². The lowest BCUT2D eigenvalue weighted by molar-refractivity contribution is 0.0909. The zero-order valence-corrected chi connectivity index (χ0v) is 15.2. The van der Waals surface area contributed by atoms with E-state index in [0.717, 1.165) is 30.9 Å². The Kier molecular flexibility index (Phi) is 9.45. The number of halogens is 2. The molecule has 2 heterocycles. The Morgan fingerprint density at radius 1 is 1.52 bits per heavy atom. The molecule has 21 heavy (non-hydrogen) atoms. The Balaban J connectivity index is 0.00000200. The van der Waals surface area contributed by atoms with E-state index in [4.69, 9.17) is 0 Å². The summed E-state index contributed by atoms with van der Waals surface area (Å²) < 4.78 is 0. The average Bonchev–Trinajstić information content (AvgIpc) is 2.79. The average molecular weight is 354 g/mol. The molecule has 1 aromatic heterocycles. The topological polar surface area (TPSA) is 54.0 Å². The minimum atomic E-state index is -0.0231. The normalized spacial score (nSPS) is 21.3. The Morgan fingerprint density at radius 2 is 2.24 bits per heavy atom. The van der Waals surface area contributed by atoms with Gasteiger partial charge in [0.05, 0.1) is 5.01 Å². The zero-order chi connectivity index (χ0) is 13.8. The molecule has 0 saturated carbocycles. The number of hydrogen-bond donors (Lipinski definition) is 2. The second-order valence-corrected chi connectivity index (χ2v) is 6.72. The van der Waals surface area contributed by atoms with Crippen LogP contribution in [0.3, 0.4) is 0 Å². The molecule has 2 rings (SSSR count). The van der Waals surface area contributed by atoms with E-state index in [1.165, 1.54) is 0 Å². The van der Waals surface area contributed by atoms with Gasteiger partial charge in [-0.15, -0.1) is 36.2 Å². The van der Waals surface area contributed by atoms with Crippen molar-refractivity contribution in [2.45, 2.75) is 39.7 Å². The summed E-state index contributed by atoms with van der Waals surface area (Å²) >= 11 is 1.58. The Labute approximate surface area is 143 Å². The van der Waals surface area contributed by atoms with Crippen LogP contribution in [0, 0.1) is 11.8 Å². The zero-order valence-electron chi connectivity index (χ0n) is 12.7. The molecule has 2 unspecified atom stereocenters. The Bertz CT molecular complexity index is 440. The molecule has 1 fully saturated rings. The van der Waals surface area contributed by atoms with E-state index in [2.05, 4.69) is 36.4 Å². The number of piperidine rings is 1. The first kappa shape index (κ1) is 20.6. The fraction of sp³-hybridized carbons (Fsp3) is 0.714. The van der Waals surface area contributed by atoms with Gasteiger partial charge < -0.3 is 10.6 Å². The highest BCUT2D eigenvalue weighted by Crippen LogP contribution is 2.16. The minimum absolute atomic E-state index is 0. The SMILES string of the molecule is CC(C)Cc1nc(C(=O)NC2CCNCC2C)cs1.Cl.Cl. The molecular weight excluding hydrogens is 329 g/mol. The van der Waals surface area contributed by atoms with Crippen molar-refractivity contribution in [1.82, 2.24) is 15.6 Å². The molecule has 1 aromatic rings. The van der Waals surface area contributed by atoms with Gasteiger partial charge in [0, 0.05) is 17.8 Å². The molecule has 2 N–H and O–H groups in total. The van der Waals surface area contributed by atoms with Crippen molar-refractivity contribution in [2.75, 3.05) is 13.1 Å². The Morgan fingerprint density at radius 3 is 2.86 bits per heavy atom. The molecule has 0 bridgehead atoms. The van der Waals surface area contributed by atoms with Gasteiger partial charge in [-0.2, -0.15) is 0 Å². The summed E-state index contributed by atoms with van der Waals surface area (Å²) in [6.07, 6.45) is 1.94. The third-order valence-electron chi connectivity index (χ3n) is 3.47. The number of rotatable bonds is 4. The maximum Gasteiger partial charge on any atom is 0.270 e. The quantitative estimate of drug-likeness (QED) is 0.874. The lowest BCUT2D eigenvalue weighted by Crippen LogP contribution is -2.48. The van der Waals surface area contributed by atoms with Crippen LogP contribution in [0.1, 0.15) is 42.7 Å². The second-order valence-electron chi connectivity index (χ2n) is 5.77. The molecule has 2 atom stereocenters. The first-order valence-corrected chi connectivity index (χ1v) is 7.90. The summed E-state index contributed by atoms with van der Waals surface area (Å²) in [7, 11) is 0. The lowest BCUT2D eigenvalue weighted by Gasteiger charge is -2.29. The molecule has 7 heteroatoms. The van der Waals surface area contributed by atoms with E-state index in [1.807, 2.05) is 5.38 Å². The number of amides is 1. The van der Waals surface area contributed by atoms with E-state index >= 15 is 0 Å². The van der Waals surface area contributed by atoms with Gasteiger partial charge >= 0.3 is 0 Å². The fourth-order valence-electron chi connectivity index (χ4n) is 2.33. The van der Waals surface area contributed by atoms with Crippen LogP contribution < -0.4 is 10.6 Å². The summed E-state index contributed by atoms with van der Waals surface area (Å²) in [5.74, 6) is 1.03. The van der Waals surface area contributed by atoms with Crippen molar-refractivity contribution in [1.29, 1.82) is 0 Å². The number of carbonyl (C=O) groups excluding carboxylic acids is 1. The largest absolute Gasteiger partial charge is 0.348 e. The van der Waals surface area contributed by atoms with Crippen molar-refractivity contribution >= 4 is 42.1 Å². The number of hydrogen-bond acceptors (Lipinski definition) is 4. The maximum atomic E-state index is 12.2. The highest BCUT2D eigenvalue weighted by Gasteiger charge is 2.23. The lowest BCUT2D eigenvalue weighted by atomic mass is 9.95. The predicted molar refractivity (Wildman–Crippen MR) is 93.1 cm³/mol. The molecule has 0 aliphatic carbocycles. The first-order valence-electron chi connectivity index (χ1n) is 7.02. The van der Waals surface area contributed by atoms with Crippen LogP contribution in [0.4, 0.5) is 0 Å². The number of nitrogens with one attached hydrogen (secondary N) is 2. The number of nitrogens with zero attached hydrogens (tertiary/aromatic N) is 1. The summed E-state index contributed by atoms with van der Waals surface area (Å²) in [6.45, 7) is 8.45. The smallest absolute Gasteiger partial charge is 0.270 e. The van der Waals surface area contributed by atoms with E-state index in [9.17, 15) is 4.79 Å². The van der Waals surface area contributed by atoms with Crippen LogP contribution in [0.2, 0.25) is 0 Å². The Hall–Kier alpha value is -0.360. The van der Waals surface area contributed by atoms with Gasteiger partial charge in [-0.05, 0) is 31.3 Å². The highest BCUT2D eigenvalue weighted by molar-refractivity contribution is 7.09. The van der Waals surface area contributed by atoms with Crippen LogP contribution in [0.25, 0.3) is 0 Å². The van der Waals surface area contributed by atoms with Gasteiger partial charge in [0.25, 0.3) is 5.91 Å². The standard InChI is InChI=1S/C14H23N3OS.2ClH/c1-9(2)6-13-16-12(8-19-13)14(18)17-11-4-5-15-7-10(11)3;;/h8-11,15H,4-7H2,1-3H3,(H,17,18);2*1H. The van der Waals surface area contributed by atoms with E-state index < -0.39 is 0 Å². The number of carbonyl (C=O) groups is 1. The highest BCUT2D eigenvalue weighted by atomic mass is 35.5. The monoisotopic (exact) mass is 353 g/mol. The van der Waals surface area contributed by atoms with Gasteiger partial charge in [0.15, 0.2) is 0 Å². The molecule has 1 amide bonds. The third-order valence-corrected chi connectivity index (χ3v) is 4.34. The molecule has 122 valence electrons. The maximum absolute atomic E-state index is 12.2. The van der Waals surface area contributed by atoms with Crippen molar-refractivity contribution in [3.63, 3.8) is 0 Å². The summed E-state index contributed by atoms with van der Waals surface area (Å²) in [6, 6.07) is 0.268. The van der Waals surface area contributed by atoms with Crippen LogP contribution >= 0.6 is 36.2 Å². The fourth-order valence-corrected chi connectivity index (χ4v) is 3.32. The molecule has 0 aromatic carbocycles. The van der Waals surface area contributed by atoms with E-state index in [0.29, 0.717) is 17.5 Å². The van der Waals surface area contributed by atoms with Gasteiger partial charge in [-0.1, -0.05) is 20.8 Å². The molecule has 1 aliphatic heterocycles. The number of thiazole rings is 1. The van der Waals surface area contributed by atoms with Crippen molar-refractivity contribution in [3.05, 3.63) is 16.1 Å². The molecule has 0 spiro atoms. The van der Waals surface area contributed by atoms with E-state index in [1.54, 1.807) is 11.3 Å². The predicted octanol–water partition coefficient (Wildman–Crippen LogP) is 2.91. The first-order chi connectivity index (χ1) is 9.06. The van der Waals surface area contributed by atoms with Crippen LogP contribution in [0.15, 0.2) is 5.38 Å². The molecule has 1 aliphatic rings. The molecule has 1 saturated heterocycles. The molecular formula is C14H25Cl2N3OS. The summed E-state index contributed by atoms with van der Waals surface area (Å²) in [5, 5.41) is 9.38. The van der Waals surface area contributed by atoms with Gasteiger partial charge in [-0.3, -0.25) is 4.79 Å². The van der Waals surface area contributed by atoms with Crippen molar-refractivity contribution < 1.29 is 4.79 Å². The number of aromatic nitrogens is 1. The summed E-state index contributed by atoms with van der Waals surface area (Å²) in [4.78, 5) is 16.6. The van der Waals surface area contributed by atoms with E-state index in [-0.39, 0.29) is 36.8 Å². The third kappa shape index (κ3) is 6.10. The van der Waals surface area contributed by atoms with Crippen LogP contribution in [0.5, 0.6) is 0 Å². The summed E-state index contributed by atoms with van der Waals surface area (Å²) in [5.41, 5.74) is 0.575.